The standard InChI is InChI=1S/C14H10N4O2S/c15-7-9-4-5-10(8-16)13(6-9)21(19,20)14-11(17)2-1-3-12(14)18/h1-6H,17-18H2. The van der Waals surface area contributed by atoms with E-state index >= 15 is 0 Å². The van der Waals surface area contributed by atoms with Gasteiger partial charge in [-0.1, -0.05) is 6.07 Å². The first-order valence-electron chi connectivity index (χ1n) is 5.75. The molecule has 0 saturated carbocycles. The number of nitriles is 2. The normalized spacial score (nSPS) is 10.6. The summed E-state index contributed by atoms with van der Waals surface area (Å²) in [5.74, 6) is 0. The maximum atomic E-state index is 12.7. The molecule has 0 atom stereocenters. The number of benzene rings is 2. The van der Waals surface area contributed by atoms with Gasteiger partial charge < -0.3 is 11.5 Å². The van der Waals surface area contributed by atoms with Crippen LogP contribution in [0.2, 0.25) is 0 Å². The molecular formula is C14H10N4O2S. The van der Waals surface area contributed by atoms with Crippen molar-refractivity contribution in [2.24, 2.45) is 0 Å². The molecule has 7 heteroatoms. The van der Waals surface area contributed by atoms with E-state index < -0.39 is 9.84 Å². The van der Waals surface area contributed by atoms with E-state index in [4.69, 9.17) is 22.0 Å². The second kappa shape index (κ2) is 5.16. The molecule has 21 heavy (non-hydrogen) atoms. The Balaban J connectivity index is 2.83. The van der Waals surface area contributed by atoms with E-state index in [1.165, 1.54) is 30.3 Å². The highest BCUT2D eigenvalue weighted by Crippen LogP contribution is 2.32. The highest BCUT2D eigenvalue weighted by atomic mass is 32.2. The molecule has 4 N–H and O–H groups in total. The van der Waals surface area contributed by atoms with Crippen LogP contribution in [0.5, 0.6) is 0 Å². The fourth-order valence-electron chi connectivity index (χ4n) is 1.90. The minimum absolute atomic E-state index is 0.0127. The number of hydrogen-bond donors (Lipinski definition) is 2. The van der Waals surface area contributed by atoms with Crippen molar-refractivity contribution in [3.05, 3.63) is 47.5 Å². The van der Waals surface area contributed by atoms with Gasteiger partial charge in [0.2, 0.25) is 9.84 Å². The summed E-state index contributed by atoms with van der Waals surface area (Å²) in [6, 6.07) is 11.8. The van der Waals surface area contributed by atoms with Gasteiger partial charge in [-0.05, 0) is 30.3 Å². The minimum atomic E-state index is -4.10. The Kier molecular flexibility index (Phi) is 3.53. The minimum Gasteiger partial charge on any atom is -0.398 e. The summed E-state index contributed by atoms with van der Waals surface area (Å²) in [5, 5.41) is 18.0. The van der Waals surface area contributed by atoms with Crippen LogP contribution in [-0.2, 0) is 9.84 Å². The van der Waals surface area contributed by atoms with Crippen LogP contribution in [0.25, 0.3) is 0 Å². The van der Waals surface area contributed by atoms with E-state index in [0.717, 1.165) is 6.07 Å². The van der Waals surface area contributed by atoms with Crippen LogP contribution in [0.15, 0.2) is 46.2 Å². The highest BCUT2D eigenvalue weighted by Gasteiger charge is 2.26. The average Bonchev–Trinajstić information content (AvgIpc) is 2.46. The zero-order chi connectivity index (χ0) is 15.6. The summed E-state index contributed by atoms with van der Waals surface area (Å²) >= 11 is 0. The summed E-state index contributed by atoms with van der Waals surface area (Å²) in [6.07, 6.45) is 0. The van der Waals surface area contributed by atoms with Crippen LogP contribution >= 0.6 is 0 Å². The Hall–Kier alpha value is -3.03. The molecule has 0 aliphatic carbocycles. The Bertz CT molecular complexity index is 885. The Morgan fingerprint density at radius 3 is 2.10 bits per heavy atom. The van der Waals surface area contributed by atoms with Crippen LogP contribution in [0.3, 0.4) is 0 Å². The predicted molar refractivity (Wildman–Crippen MR) is 76.6 cm³/mol. The molecule has 2 aromatic carbocycles. The topological polar surface area (TPSA) is 134 Å². The van der Waals surface area contributed by atoms with Crippen molar-refractivity contribution in [3.8, 4) is 12.1 Å². The highest BCUT2D eigenvalue weighted by molar-refractivity contribution is 7.92. The Labute approximate surface area is 121 Å². The molecule has 6 nitrogen and oxygen atoms in total. The zero-order valence-corrected chi connectivity index (χ0v) is 11.6. The van der Waals surface area contributed by atoms with Crippen LogP contribution < -0.4 is 11.5 Å². The van der Waals surface area contributed by atoms with E-state index in [2.05, 4.69) is 0 Å². The van der Waals surface area contributed by atoms with Gasteiger partial charge in [-0.25, -0.2) is 8.42 Å². The molecule has 0 spiro atoms. The summed E-state index contributed by atoms with van der Waals surface area (Å²) < 4.78 is 25.4. The van der Waals surface area contributed by atoms with E-state index in [9.17, 15) is 8.42 Å². The first-order valence-corrected chi connectivity index (χ1v) is 7.23. The van der Waals surface area contributed by atoms with Gasteiger partial charge in [0, 0.05) is 0 Å². The van der Waals surface area contributed by atoms with Crippen molar-refractivity contribution in [2.45, 2.75) is 9.79 Å². The Morgan fingerprint density at radius 1 is 0.952 bits per heavy atom. The van der Waals surface area contributed by atoms with Crippen LogP contribution in [0, 0.1) is 22.7 Å². The summed E-state index contributed by atoms with van der Waals surface area (Å²) in [4.78, 5) is -0.537. The quantitative estimate of drug-likeness (QED) is 0.805. The maximum absolute atomic E-state index is 12.7. The number of nitrogens with zero attached hydrogens (tertiary/aromatic N) is 2. The SMILES string of the molecule is N#Cc1ccc(C#N)c(S(=O)(=O)c2c(N)cccc2N)c1. The lowest BCUT2D eigenvalue weighted by molar-refractivity contribution is 0.596. The van der Waals surface area contributed by atoms with E-state index in [1.807, 2.05) is 6.07 Å². The summed E-state index contributed by atoms with van der Waals surface area (Å²) in [6.45, 7) is 0. The molecule has 0 unspecified atom stereocenters. The van der Waals surface area contributed by atoms with Crippen molar-refractivity contribution in [2.75, 3.05) is 11.5 Å². The molecule has 2 aromatic rings. The zero-order valence-electron chi connectivity index (χ0n) is 10.7. The number of rotatable bonds is 2. The number of hydrogen-bond acceptors (Lipinski definition) is 6. The van der Waals surface area contributed by atoms with Crippen LogP contribution in [0.1, 0.15) is 11.1 Å². The third-order valence-corrected chi connectivity index (χ3v) is 4.79. The molecule has 0 fully saturated rings. The molecule has 2 rings (SSSR count). The number of nitrogens with two attached hydrogens (primary N) is 2. The number of nitrogen functional groups attached to an aromatic ring is 2. The summed E-state index contributed by atoms with van der Waals surface area (Å²) in [7, 11) is -4.10. The lowest BCUT2D eigenvalue weighted by Crippen LogP contribution is -2.10. The predicted octanol–water partition coefficient (Wildman–Crippen LogP) is 1.43. The first kappa shape index (κ1) is 14.4. The smallest absolute Gasteiger partial charge is 0.212 e. The average molecular weight is 298 g/mol. The van der Waals surface area contributed by atoms with Gasteiger partial charge in [-0.2, -0.15) is 10.5 Å². The van der Waals surface area contributed by atoms with Crippen molar-refractivity contribution >= 4 is 21.2 Å². The third kappa shape index (κ3) is 2.38. The van der Waals surface area contributed by atoms with Crippen molar-refractivity contribution in [3.63, 3.8) is 0 Å². The fourth-order valence-corrected chi connectivity index (χ4v) is 3.56. The molecular weight excluding hydrogens is 288 g/mol. The number of anilines is 2. The van der Waals surface area contributed by atoms with E-state index in [1.54, 1.807) is 6.07 Å². The molecule has 104 valence electrons. The molecule has 0 amide bonds. The van der Waals surface area contributed by atoms with Crippen molar-refractivity contribution < 1.29 is 8.42 Å². The third-order valence-electron chi connectivity index (χ3n) is 2.87. The molecule has 0 bridgehead atoms. The number of sulfone groups is 1. The lowest BCUT2D eigenvalue weighted by atomic mass is 10.2. The molecule has 0 aliphatic rings. The van der Waals surface area contributed by atoms with Crippen LogP contribution in [0.4, 0.5) is 11.4 Å². The molecule has 0 aliphatic heterocycles. The first-order chi connectivity index (χ1) is 9.91. The lowest BCUT2D eigenvalue weighted by Gasteiger charge is -2.11. The molecule has 0 heterocycles. The van der Waals surface area contributed by atoms with Crippen LogP contribution in [-0.4, -0.2) is 8.42 Å². The maximum Gasteiger partial charge on any atom is 0.212 e. The van der Waals surface area contributed by atoms with Gasteiger partial charge in [0.25, 0.3) is 0 Å². The fraction of sp³-hybridized carbons (Fsp3) is 0. The van der Waals surface area contributed by atoms with Gasteiger partial charge in [0.15, 0.2) is 0 Å². The van der Waals surface area contributed by atoms with Gasteiger partial charge in [0.05, 0.1) is 33.5 Å². The van der Waals surface area contributed by atoms with Gasteiger partial charge >= 0.3 is 0 Å². The van der Waals surface area contributed by atoms with Crippen molar-refractivity contribution in [1.29, 1.82) is 10.5 Å². The second-order valence-electron chi connectivity index (χ2n) is 4.20. The molecule has 0 saturated heterocycles. The van der Waals surface area contributed by atoms with Crippen molar-refractivity contribution in [1.82, 2.24) is 0 Å². The van der Waals surface area contributed by atoms with E-state index in [-0.39, 0.29) is 32.3 Å². The Morgan fingerprint density at radius 2 is 1.57 bits per heavy atom. The monoisotopic (exact) mass is 298 g/mol. The van der Waals surface area contributed by atoms with Gasteiger partial charge in [-0.15, -0.1) is 0 Å². The molecule has 0 aromatic heterocycles. The second-order valence-corrected chi connectivity index (χ2v) is 6.06. The van der Waals surface area contributed by atoms with Gasteiger partial charge in [0.1, 0.15) is 11.0 Å². The summed E-state index contributed by atoms with van der Waals surface area (Å²) in [5.41, 5.74) is 11.4. The van der Waals surface area contributed by atoms with Gasteiger partial charge in [-0.3, -0.25) is 0 Å². The van der Waals surface area contributed by atoms with E-state index in [0.29, 0.717) is 0 Å². The molecule has 0 radical (unpaired) electrons. The largest absolute Gasteiger partial charge is 0.398 e.